The molecule has 134 valence electrons. The Morgan fingerprint density at radius 1 is 1.04 bits per heavy atom. The number of nitrogens with zero attached hydrogens (tertiary/aromatic N) is 1. The van der Waals surface area contributed by atoms with Gasteiger partial charge in [-0.3, -0.25) is 4.79 Å². The number of anilines is 1. The molecule has 1 N–H and O–H groups in total. The maximum atomic E-state index is 13.5. The largest absolute Gasteiger partial charge is 0.481 e. The molecule has 0 bridgehead atoms. The maximum Gasteiger partial charge on any atom is 0.262 e. The average molecular weight is 362 g/mol. The SMILES string of the molecule is O=C(COc1ccccc1F)Nc1cccc(-c2nc3ccccc3o2)c1. The minimum Gasteiger partial charge on any atom is -0.481 e. The Bertz CT molecular complexity index is 1070. The highest BCUT2D eigenvalue weighted by Crippen LogP contribution is 2.26. The van der Waals surface area contributed by atoms with E-state index in [2.05, 4.69) is 10.3 Å². The molecular formula is C21H15FN2O3. The molecule has 3 aromatic carbocycles. The van der Waals surface area contributed by atoms with E-state index in [1.165, 1.54) is 12.1 Å². The van der Waals surface area contributed by atoms with Gasteiger partial charge in [-0.1, -0.05) is 30.3 Å². The minimum atomic E-state index is -0.511. The summed E-state index contributed by atoms with van der Waals surface area (Å²) in [6, 6.07) is 20.6. The number of hydrogen-bond acceptors (Lipinski definition) is 4. The van der Waals surface area contributed by atoms with Gasteiger partial charge in [-0.15, -0.1) is 0 Å². The Labute approximate surface area is 154 Å². The van der Waals surface area contributed by atoms with Crippen molar-refractivity contribution in [1.29, 1.82) is 0 Å². The van der Waals surface area contributed by atoms with Gasteiger partial charge in [0.1, 0.15) is 5.52 Å². The van der Waals surface area contributed by atoms with Crippen LogP contribution in [0.3, 0.4) is 0 Å². The number of amides is 1. The topological polar surface area (TPSA) is 64.4 Å². The van der Waals surface area contributed by atoms with Crippen LogP contribution in [0.15, 0.2) is 77.2 Å². The van der Waals surface area contributed by atoms with Gasteiger partial charge in [-0.25, -0.2) is 9.37 Å². The van der Waals surface area contributed by atoms with Gasteiger partial charge in [0, 0.05) is 11.3 Å². The van der Waals surface area contributed by atoms with Crippen molar-refractivity contribution >= 4 is 22.7 Å². The first-order valence-corrected chi connectivity index (χ1v) is 8.32. The van der Waals surface area contributed by atoms with E-state index in [1.807, 2.05) is 30.3 Å². The van der Waals surface area contributed by atoms with E-state index in [9.17, 15) is 9.18 Å². The van der Waals surface area contributed by atoms with Crippen LogP contribution in [0.25, 0.3) is 22.6 Å². The predicted molar refractivity (Wildman–Crippen MR) is 100.0 cm³/mol. The Kier molecular flexibility index (Phi) is 4.53. The molecule has 0 atom stereocenters. The van der Waals surface area contributed by atoms with E-state index in [4.69, 9.17) is 9.15 Å². The molecule has 4 aromatic rings. The fourth-order valence-electron chi connectivity index (χ4n) is 2.63. The zero-order valence-corrected chi connectivity index (χ0v) is 14.2. The van der Waals surface area contributed by atoms with Crippen LogP contribution in [0, 0.1) is 5.82 Å². The highest BCUT2D eigenvalue weighted by Gasteiger charge is 2.10. The summed E-state index contributed by atoms with van der Waals surface area (Å²) in [6.07, 6.45) is 0. The van der Waals surface area contributed by atoms with Crippen molar-refractivity contribution in [3.05, 3.63) is 78.6 Å². The molecule has 0 unspecified atom stereocenters. The number of nitrogens with one attached hydrogen (secondary N) is 1. The summed E-state index contributed by atoms with van der Waals surface area (Å²) in [5, 5.41) is 2.72. The molecule has 0 aliphatic carbocycles. The summed E-state index contributed by atoms with van der Waals surface area (Å²) in [5.41, 5.74) is 2.76. The fraction of sp³-hybridized carbons (Fsp3) is 0.0476. The first kappa shape index (κ1) is 16.8. The van der Waals surface area contributed by atoms with E-state index in [0.29, 0.717) is 17.2 Å². The molecule has 6 heteroatoms. The second-order valence-corrected chi connectivity index (χ2v) is 5.83. The fourth-order valence-corrected chi connectivity index (χ4v) is 2.63. The molecular weight excluding hydrogens is 347 g/mol. The summed E-state index contributed by atoms with van der Waals surface area (Å²) in [6.45, 7) is -0.298. The number of hydrogen-bond donors (Lipinski definition) is 1. The lowest BCUT2D eigenvalue weighted by Crippen LogP contribution is -2.20. The molecule has 0 radical (unpaired) electrons. The number of rotatable bonds is 5. The quantitative estimate of drug-likeness (QED) is 0.561. The molecule has 4 rings (SSSR count). The van der Waals surface area contributed by atoms with E-state index in [-0.39, 0.29) is 12.4 Å². The molecule has 0 saturated carbocycles. The molecule has 1 aromatic heterocycles. The zero-order valence-electron chi connectivity index (χ0n) is 14.2. The third kappa shape index (κ3) is 3.79. The van der Waals surface area contributed by atoms with Crippen LogP contribution < -0.4 is 10.1 Å². The Morgan fingerprint density at radius 2 is 1.85 bits per heavy atom. The second kappa shape index (κ2) is 7.29. The summed E-state index contributed by atoms with van der Waals surface area (Å²) < 4.78 is 24.5. The van der Waals surface area contributed by atoms with Crippen LogP contribution in [0.5, 0.6) is 5.75 Å². The van der Waals surface area contributed by atoms with Gasteiger partial charge in [0.2, 0.25) is 5.89 Å². The Balaban J connectivity index is 1.46. The average Bonchev–Trinajstić information content (AvgIpc) is 3.12. The van der Waals surface area contributed by atoms with Crippen molar-refractivity contribution in [3.8, 4) is 17.2 Å². The third-order valence-electron chi connectivity index (χ3n) is 3.88. The van der Waals surface area contributed by atoms with Gasteiger partial charge < -0.3 is 14.5 Å². The lowest BCUT2D eigenvalue weighted by Gasteiger charge is -2.08. The standard InChI is InChI=1S/C21H15FN2O3/c22-16-8-1-3-10-18(16)26-13-20(25)23-15-7-5-6-14(12-15)21-24-17-9-2-4-11-19(17)27-21/h1-12H,13H2,(H,23,25). The smallest absolute Gasteiger partial charge is 0.262 e. The molecule has 0 spiro atoms. The van der Waals surface area contributed by atoms with E-state index in [1.54, 1.807) is 30.3 Å². The van der Waals surface area contributed by atoms with Crippen LogP contribution in [0.1, 0.15) is 0 Å². The number of aromatic nitrogens is 1. The molecule has 0 saturated heterocycles. The first-order chi connectivity index (χ1) is 13.2. The number of fused-ring (bicyclic) bond motifs is 1. The van der Waals surface area contributed by atoms with Crippen molar-refractivity contribution < 1.29 is 18.3 Å². The number of carbonyl (C=O) groups excluding carboxylic acids is 1. The highest BCUT2D eigenvalue weighted by atomic mass is 19.1. The molecule has 0 aliphatic heterocycles. The van der Waals surface area contributed by atoms with Gasteiger partial charge in [-0.2, -0.15) is 0 Å². The van der Waals surface area contributed by atoms with Crippen LogP contribution in [0.4, 0.5) is 10.1 Å². The monoisotopic (exact) mass is 362 g/mol. The van der Waals surface area contributed by atoms with Gasteiger partial charge >= 0.3 is 0 Å². The van der Waals surface area contributed by atoms with Crippen LogP contribution in [0.2, 0.25) is 0 Å². The lowest BCUT2D eigenvalue weighted by molar-refractivity contribution is -0.118. The Morgan fingerprint density at radius 3 is 2.70 bits per heavy atom. The van der Waals surface area contributed by atoms with Gasteiger partial charge in [0.25, 0.3) is 5.91 Å². The van der Waals surface area contributed by atoms with E-state index < -0.39 is 11.7 Å². The van der Waals surface area contributed by atoms with Crippen LogP contribution in [-0.2, 0) is 4.79 Å². The molecule has 0 fully saturated rings. The van der Waals surface area contributed by atoms with Crippen LogP contribution in [-0.4, -0.2) is 17.5 Å². The number of ether oxygens (including phenoxy) is 1. The number of carbonyl (C=O) groups is 1. The highest BCUT2D eigenvalue weighted by molar-refractivity contribution is 5.92. The Hall–Kier alpha value is -3.67. The van der Waals surface area contributed by atoms with Crippen molar-refractivity contribution in [2.24, 2.45) is 0 Å². The lowest BCUT2D eigenvalue weighted by atomic mass is 10.2. The summed E-state index contributed by atoms with van der Waals surface area (Å²) in [7, 11) is 0. The van der Waals surface area contributed by atoms with Gasteiger partial charge in [0.05, 0.1) is 0 Å². The molecule has 1 amide bonds. The first-order valence-electron chi connectivity index (χ1n) is 8.32. The molecule has 5 nitrogen and oxygen atoms in total. The summed E-state index contributed by atoms with van der Waals surface area (Å²) >= 11 is 0. The van der Waals surface area contributed by atoms with Crippen molar-refractivity contribution in [2.75, 3.05) is 11.9 Å². The van der Waals surface area contributed by atoms with Crippen molar-refractivity contribution in [1.82, 2.24) is 4.98 Å². The number of oxazole rings is 1. The molecule has 0 aliphatic rings. The maximum absolute atomic E-state index is 13.5. The predicted octanol–water partition coefficient (Wildman–Crippen LogP) is 4.65. The molecule has 1 heterocycles. The van der Waals surface area contributed by atoms with Crippen molar-refractivity contribution in [3.63, 3.8) is 0 Å². The van der Waals surface area contributed by atoms with E-state index >= 15 is 0 Å². The zero-order chi connectivity index (χ0) is 18.6. The number of benzene rings is 3. The van der Waals surface area contributed by atoms with Crippen LogP contribution >= 0.6 is 0 Å². The summed E-state index contributed by atoms with van der Waals surface area (Å²) in [4.78, 5) is 16.5. The van der Waals surface area contributed by atoms with Gasteiger partial charge in [0.15, 0.2) is 23.8 Å². The third-order valence-corrected chi connectivity index (χ3v) is 3.88. The number of halogens is 1. The second-order valence-electron chi connectivity index (χ2n) is 5.83. The normalized spacial score (nSPS) is 10.7. The minimum absolute atomic E-state index is 0.0351. The summed E-state index contributed by atoms with van der Waals surface area (Å²) in [5.74, 6) is -0.404. The van der Waals surface area contributed by atoms with Gasteiger partial charge in [-0.05, 0) is 42.5 Å². The molecule has 27 heavy (non-hydrogen) atoms. The number of para-hydroxylation sites is 3. The van der Waals surface area contributed by atoms with Crippen molar-refractivity contribution in [2.45, 2.75) is 0 Å². The van der Waals surface area contributed by atoms with E-state index in [0.717, 1.165) is 11.1 Å².